The van der Waals surface area contributed by atoms with Crippen molar-refractivity contribution in [3.63, 3.8) is 0 Å². The third-order valence-corrected chi connectivity index (χ3v) is 6.50. The fourth-order valence-electron chi connectivity index (χ4n) is 3.33. The second-order valence-corrected chi connectivity index (χ2v) is 8.60. The van der Waals surface area contributed by atoms with Crippen molar-refractivity contribution >= 4 is 35.0 Å². The van der Waals surface area contributed by atoms with Crippen molar-refractivity contribution in [2.24, 2.45) is 0 Å². The monoisotopic (exact) mass is 495 g/mol. The molecule has 174 valence electrons. The second kappa shape index (κ2) is 10.5. The molecular weight excluding hydrogens is 474 g/mol. The van der Waals surface area contributed by atoms with Gasteiger partial charge in [-0.1, -0.05) is 65.8 Å². The third kappa shape index (κ3) is 4.95. The fourth-order valence-corrected chi connectivity index (χ4v) is 4.54. The van der Waals surface area contributed by atoms with E-state index in [0.29, 0.717) is 38.8 Å². The Bertz CT molecular complexity index is 1300. The highest BCUT2D eigenvalue weighted by Crippen LogP contribution is 2.37. The molecule has 8 nitrogen and oxygen atoms in total. The highest BCUT2D eigenvalue weighted by molar-refractivity contribution is 8.00. The van der Waals surface area contributed by atoms with E-state index < -0.39 is 5.25 Å². The summed E-state index contributed by atoms with van der Waals surface area (Å²) in [6.07, 6.45) is 0. The molecule has 34 heavy (non-hydrogen) atoms. The van der Waals surface area contributed by atoms with Crippen LogP contribution < -0.4 is 20.6 Å². The SMILES string of the molecule is COc1ccc(NC(=O)[C@@H](Sc2nnc(-c3ccccc3OC)n2N)c2ccccc2)cc1Cl. The molecule has 0 saturated carbocycles. The maximum absolute atomic E-state index is 13.3. The van der Waals surface area contributed by atoms with Gasteiger partial charge in [-0.25, -0.2) is 4.68 Å². The van der Waals surface area contributed by atoms with Gasteiger partial charge in [0.1, 0.15) is 16.7 Å². The first kappa shape index (κ1) is 23.5. The number of benzene rings is 3. The number of carbonyl (C=O) groups is 1. The second-order valence-electron chi connectivity index (χ2n) is 7.12. The molecule has 0 radical (unpaired) electrons. The standard InChI is InChI=1S/C24H22ClN5O3S/c1-32-19-11-7-6-10-17(19)22-28-29-24(30(22)26)34-21(15-8-4-3-5-9-15)23(31)27-16-12-13-20(33-2)18(25)14-16/h3-14,21H,26H2,1-2H3,(H,27,31)/t21-/m0/s1. The molecule has 1 amide bonds. The number of nitrogens with zero attached hydrogens (tertiary/aromatic N) is 3. The van der Waals surface area contributed by atoms with Crippen LogP contribution in [0.25, 0.3) is 11.4 Å². The van der Waals surface area contributed by atoms with E-state index in [0.717, 1.165) is 5.56 Å². The van der Waals surface area contributed by atoms with Crippen LogP contribution in [-0.4, -0.2) is 35.0 Å². The van der Waals surface area contributed by atoms with Crippen LogP contribution in [-0.2, 0) is 4.79 Å². The maximum Gasteiger partial charge on any atom is 0.242 e. The summed E-state index contributed by atoms with van der Waals surface area (Å²) in [4.78, 5) is 13.3. The number of nitrogens with one attached hydrogen (secondary N) is 1. The molecular formula is C24H22ClN5O3S. The Morgan fingerprint density at radius 3 is 2.41 bits per heavy atom. The first-order chi connectivity index (χ1) is 16.5. The first-order valence-corrected chi connectivity index (χ1v) is 11.5. The number of hydrogen-bond donors (Lipinski definition) is 2. The van der Waals surface area contributed by atoms with Crippen molar-refractivity contribution in [2.45, 2.75) is 10.4 Å². The molecule has 0 bridgehead atoms. The number of nitrogens with two attached hydrogens (primary N) is 1. The minimum absolute atomic E-state index is 0.265. The Morgan fingerprint density at radius 1 is 1.00 bits per heavy atom. The molecule has 0 aliphatic heterocycles. The number of hydrogen-bond acceptors (Lipinski definition) is 7. The summed E-state index contributed by atoms with van der Waals surface area (Å²) in [5.74, 6) is 7.64. The van der Waals surface area contributed by atoms with Gasteiger partial charge in [-0.2, -0.15) is 0 Å². The molecule has 1 aromatic heterocycles. The van der Waals surface area contributed by atoms with Crippen LogP contribution in [0.2, 0.25) is 5.02 Å². The summed E-state index contributed by atoms with van der Waals surface area (Å²) in [6, 6.07) is 21.8. The normalized spacial score (nSPS) is 11.6. The van der Waals surface area contributed by atoms with Gasteiger partial charge in [0.25, 0.3) is 0 Å². The predicted octanol–water partition coefficient (Wildman–Crippen LogP) is 4.80. The number of ether oxygens (including phenoxy) is 2. The van der Waals surface area contributed by atoms with Crippen LogP contribution in [0.5, 0.6) is 11.5 Å². The summed E-state index contributed by atoms with van der Waals surface area (Å²) in [5.41, 5.74) is 2.02. The smallest absolute Gasteiger partial charge is 0.242 e. The molecule has 3 N–H and O–H groups in total. The molecule has 0 aliphatic carbocycles. The van der Waals surface area contributed by atoms with E-state index >= 15 is 0 Å². The van der Waals surface area contributed by atoms with Crippen LogP contribution in [0.15, 0.2) is 78.0 Å². The molecule has 0 unspecified atom stereocenters. The zero-order valence-corrected chi connectivity index (χ0v) is 20.0. The molecule has 0 aliphatic rings. The van der Waals surface area contributed by atoms with Crippen LogP contribution >= 0.6 is 23.4 Å². The van der Waals surface area contributed by atoms with E-state index in [4.69, 9.17) is 26.9 Å². The van der Waals surface area contributed by atoms with Crippen LogP contribution in [0, 0.1) is 0 Å². The number of thioether (sulfide) groups is 1. The number of para-hydroxylation sites is 1. The Labute approximate surface area is 206 Å². The van der Waals surface area contributed by atoms with Crippen molar-refractivity contribution in [1.29, 1.82) is 0 Å². The molecule has 4 aromatic rings. The molecule has 0 fully saturated rings. The van der Waals surface area contributed by atoms with Gasteiger partial charge in [0.15, 0.2) is 5.82 Å². The van der Waals surface area contributed by atoms with Gasteiger partial charge in [0.05, 0.1) is 24.8 Å². The maximum atomic E-state index is 13.3. The van der Waals surface area contributed by atoms with Gasteiger partial charge in [-0.3, -0.25) is 4.79 Å². The summed E-state index contributed by atoms with van der Waals surface area (Å²) in [5, 5.41) is 11.5. The van der Waals surface area contributed by atoms with Gasteiger partial charge in [-0.15, -0.1) is 10.2 Å². The third-order valence-electron chi connectivity index (χ3n) is 5.00. The van der Waals surface area contributed by atoms with Crippen molar-refractivity contribution < 1.29 is 14.3 Å². The lowest BCUT2D eigenvalue weighted by Gasteiger charge is -2.17. The van der Waals surface area contributed by atoms with E-state index in [1.54, 1.807) is 25.3 Å². The van der Waals surface area contributed by atoms with Crippen molar-refractivity contribution in [2.75, 3.05) is 25.4 Å². The lowest BCUT2D eigenvalue weighted by molar-refractivity contribution is -0.115. The topological polar surface area (TPSA) is 104 Å². The largest absolute Gasteiger partial charge is 0.496 e. The summed E-state index contributed by atoms with van der Waals surface area (Å²) in [7, 11) is 3.11. The van der Waals surface area contributed by atoms with E-state index in [2.05, 4.69) is 15.5 Å². The van der Waals surface area contributed by atoms with Crippen molar-refractivity contribution in [3.05, 3.63) is 83.4 Å². The lowest BCUT2D eigenvalue weighted by Crippen LogP contribution is -2.20. The van der Waals surface area contributed by atoms with Crippen molar-refractivity contribution in [1.82, 2.24) is 14.9 Å². The lowest BCUT2D eigenvalue weighted by atomic mass is 10.1. The zero-order chi connectivity index (χ0) is 24.1. The summed E-state index contributed by atoms with van der Waals surface area (Å²) < 4.78 is 12.0. The number of methoxy groups -OCH3 is 2. The number of amides is 1. The zero-order valence-electron chi connectivity index (χ0n) is 18.4. The number of anilines is 1. The van der Waals surface area contributed by atoms with Gasteiger partial charge in [0.2, 0.25) is 11.1 Å². The molecule has 0 saturated heterocycles. The van der Waals surface area contributed by atoms with E-state index in [1.807, 2.05) is 54.6 Å². The highest BCUT2D eigenvalue weighted by atomic mass is 35.5. The molecule has 0 spiro atoms. The number of rotatable bonds is 8. The van der Waals surface area contributed by atoms with Crippen molar-refractivity contribution in [3.8, 4) is 22.9 Å². The summed E-state index contributed by atoms with van der Waals surface area (Å²) >= 11 is 7.41. The highest BCUT2D eigenvalue weighted by Gasteiger charge is 2.26. The Hall–Kier alpha value is -3.69. The minimum Gasteiger partial charge on any atom is -0.496 e. The van der Waals surface area contributed by atoms with Crippen LogP contribution in [0.3, 0.4) is 0 Å². The van der Waals surface area contributed by atoms with Gasteiger partial charge in [-0.05, 0) is 35.9 Å². The van der Waals surface area contributed by atoms with Gasteiger partial charge >= 0.3 is 0 Å². The molecule has 1 atom stereocenters. The number of nitrogen functional groups attached to an aromatic ring is 1. The first-order valence-electron chi connectivity index (χ1n) is 10.2. The number of aromatic nitrogens is 3. The predicted molar refractivity (Wildman–Crippen MR) is 134 cm³/mol. The Balaban J connectivity index is 1.64. The van der Waals surface area contributed by atoms with E-state index in [9.17, 15) is 4.79 Å². The molecule has 10 heteroatoms. The van der Waals surface area contributed by atoms with Crippen LogP contribution in [0.1, 0.15) is 10.8 Å². The van der Waals surface area contributed by atoms with Gasteiger partial charge < -0.3 is 20.6 Å². The molecule has 1 heterocycles. The minimum atomic E-state index is -0.654. The quantitative estimate of drug-likeness (QED) is 0.267. The molecule has 3 aromatic carbocycles. The van der Waals surface area contributed by atoms with E-state index in [1.165, 1.54) is 23.5 Å². The fraction of sp³-hybridized carbons (Fsp3) is 0.125. The average Bonchev–Trinajstić information content (AvgIpc) is 3.22. The Morgan fingerprint density at radius 2 is 1.71 bits per heavy atom. The molecule has 4 rings (SSSR count). The average molecular weight is 496 g/mol. The Kier molecular flexibility index (Phi) is 7.24. The van der Waals surface area contributed by atoms with Gasteiger partial charge in [0, 0.05) is 5.69 Å². The van der Waals surface area contributed by atoms with Crippen LogP contribution in [0.4, 0.5) is 5.69 Å². The van der Waals surface area contributed by atoms with E-state index in [-0.39, 0.29) is 5.91 Å². The summed E-state index contributed by atoms with van der Waals surface area (Å²) in [6.45, 7) is 0. The number of halogens is 1. The number of carbonyl (C=O) groups excluding carboxylic acids is 1.